The van der Waals surface area contributed by atoms with Crippen molar-refractivity contribution >= 4 is 17.9 Å². The molecular weight excluding hydrogens is 159 g/mol. The van der Waals surface area contributed by atoms with Crippen molar-refractivity contribution in [1.29, 1.82) is 0 Å². The summed E-state index contributed by atoms with van der Waals surface area (Å²) in [6, 6.07) is 0. The summed E-state index contributed by atoms with van der Waals surface area (Å²) >= 11 is -1.28. The minimum absolute atomic E-state index is 1.28. The first-order chi connectivity index (χ1) is 3.71. The van der Waals surface area contributed by atoms with Gasteiger partial charge in [0.1, 0.15) is 0 Å². The van der Waals surface area contributed by atoms with E-state index in [-0.39, 0.29) is 0 Å². The number of hydrogen-bond donors (Lipinski definition) is 0. The normalized spacial score (nSPS) is 22.8. The quantitative estimate of drug-likeness (QED) is 0.486. The van der Waals surface area contributed by atoms with Gasteiger partial charge in [-0.1, -0.05) is 0 Å². The van der Waals surface area contributed by atoms with Crippen LogP contribution in [0, 0.1) is 0 Å². The van der Waals surface area contributed by atoms with Crippen LogP contribution in [-0.2, 0) is 0 Å². The van der Waals surface area contributed by atoms with E-state index in [0.29, 0.717) is 0 Å². The number of allylic oxidation sites excluding steroid dienone is 3. The molecular formula is C7H11As. The van der Waals surface area contributed by atoms with Gasteiger partial charge in [0.2, 0.25) is 0 Å². The van der Waals surface area contributed by atoms with Gasteiger partial charge in [-0.3, -0.25) is 0 Å². The Bertz CT molecular complexity index is 179. The predicted molar refractivity (Wildman–Crippen MR) is 41.8 cm³/mol. The number of hydrogen-bond acceptors (Lipinski definition) is 0. The Hall–Kier alpha value is -0.0916. The molecule has 1 aliphatic rings. The van der Waals surface area contributed by atoms with Crippen molar-refractivity contribution in [1.82, 2.24) is 0 Å². The first-order valence-corrected chi connectivity index (χ1v) is 8.66. The molecule has 0 radical (unpaired) electrons. The van der Waals surface area contributed by atoms with E-state index in [0.717, 1.165) is 0 Å². The van der Waals surface area contributed by atoms with Gasteiger partial charge < -0.3 is 0 Å². The molecule has 1 rings (SSSR count). The maximum atomic E-state index is 2.36. The Balaban J connectivity index is 3.00. The second-order valence-electron chi connectivity index (χ2n) is 2.50. The molecule has 0 aromatic heterocycles. The zero-order chi connectivity index (χ0) is 6.04. The Morgan fingerprint density at radius 1 is 1.00 bits per heavy atom. The summed E-state index contributed by atoms with van der Waals surface area (Å²) < 4.78 is 0. The van der Waals surface area contributed by atoms with E-state index >= 15 is 0 Å². The van der Waals surface area contributed by atoms with Gasteiger partial charge in [-0.2, -0.15) is 0 Å². The molecule has 0 bridgehead atoms. The Kier molecular flexibility index (Phi) is 1.53. The second kappa shape index (κ2) is 2.03. The molecule has 0 aromatic rings. The second-order valence-corrected chi connectivity index (χ2v) is 10.6. The topological polar surface area (TPSA) is 0 Å². The fourth-order valence-corrected chi connectivity index (χ4v) is 3.14. The fourth-order valence-electron chi connectivity index (χ4n) is 0.657. The van der Waals surface area contributed by atoms with Crippen molar-refractivity contribution in [3.8, 4) is 0 Å². The molecule has 0 spiro atoms. The van der Waals surface area contributed by atoms with Gasteiger partial charge in [0.25, 0.3) is 0 Å². The first-order valence-electron chi connectivity index (χ1n) is 2.74. The molecule has 1 heterocycles. The van der Waals surface area contributed by atoms with E-state index in [1.807, 2.05) is 0 Å². The Morgan fingerprint density at radius 2 is 1.75 bits per heavy atom. The maximum absolute atomic E-state index is 2.36. The van der Waals surface area contributed by atoms with Crippen LogP contribution in [0.5, 0.6) is 0 Å². The van der Waals surface area contributed by atoms with Crippen molar-refractivity contribution < 1.29 is 0 Å². The van der Waals surface area contributed by atoms with Crippen molar-refractivity contribution in [2.24, 2.45) is 0 Å². The number of rotatable bonds is 0. The van der Waals surface area contributed by atoms with E-state index in [9.17, 15) is 0 Å². The molecule has 0 nitrogen and oxygen atoms in total. The zero-order valence-corrected chi connectivity index (χ0v) is 7.21. The standard InChI is InChI=1S/C7H11As/c1-8(2)6-4-3-5-7-8/h3-7H,1-2H3. The van der Waals surface area contributed by atoms with E-state index < -0.39 is 13.1 Å². The average Bonchev–Trinajstić information content (AvgIpc) is 1.65. The van der Waals surface area contributed by atoms with Crippen LogP contribution in [-0.4, -0.2) is 17.9 Å². The van der Waals surface area contributed by atoms with Gasteiger partial charge in [0.05, 0.1) is 0 Å². The third-order valence-corrected chi connectivity index (χ3v) is 5.11. The minimum atomic E-state index is -1.28. The van der Waals surface area contributed by atoms with Crippen LogP contribution in [0.2, 0.25) is 11.4 Å². The van der Waals surface area contributed by atoms with E-state index in [1.54, 1.807) is 0 Å². The van der Waals surface area contributed by atoms with Gasteiger partial charge in [-0.15, -0.1) is 0 Å². The summed E-state index contributed by atoms with van der Waals surface area (Å²) in [5, 5.41) is 0. The summed E-state index contributed by atoms with van der Waals surface area (Å²) in [5.74, 6) is 0. The molecule has 44 valence electrons. The molecule has 0 fully saturated rings. The molecule has 0 atom stereocenters. The van der Waals surface area contributed by atoms with Crippen LogP contribution in [0.4, 0.5) is 0 Å². The van der Waals surface area contributed by atoms with Crippen LogP contribution in [0.15, 0.2) is 23.1 Å². The average molecular weight is 170 g/mol. The van der Waals surface area contributed by atoms with Crippen molar-refractivity contribution in [3.05, 3.63) is 23.1 Å². The van der Waals surface area contributed by atoms with Crippen LogP contribution < -0.4 is 0 Å². The first kappa shape index (κ1) is 6.03. The van der Waals surface area contributed by atoms with E-state index in [2.05, 4.69) is 39.3 Å². The Morgan fingerprint density at radius 3 is 2.00 bits per heavy atom. The van der Waals surface area contributed by atoms with Gasteiger partial charge in [0, 0.05) is 0 Å². The Labute approximate surface area is 52.9 Å². The van der Waals surface area contributed by atoms with Crippen LogP contribution in [0.1, 0.15) is 0 Å². The van der Waals surface area contributed by atoms with Gasteiger partial charge >= 0.3 is 52.4 Å². The molecule has 0 unspecified atom stereocenters. The molecule has 0 saturated heterocycles. The molecule has 0 saturated carbocycles. The molecule has 0 amide bonds. The van der Waals surface area contributed by atoms with Crippen molar-refractivity contribution in [2.75, 3.05) is 0 Å². The monoisotopic (exact) mass is 170 g/mol. The summed E-state index contributed by atoms with van der Waals surface area (Å²) in [5.41, 5.74) is 4.72. The van der Waals surface area contributed by atoms with Gasteiger partial charge in [0.15, 0.2) is 0 Å². The molecule has 0 aromatic carbocycles. The summed E-state index contributed by atoms with van der Waals surface area (Å²) in [6.45, 7) is 0. The van der Waals surface area contributed by atoms with E-state index in [1.165, 1.54) is 0 Å². The third-order valence-electron chi connectivity index (χ3n) is 1.16. The van der Waals surface area contributed by atoms with Gasteiger partial charge in [-0.05, 0) is 0 Å². The SMILES string of the molecule is C[As]1(C)=CC=CC=C1. The van der Waals surface area contributed by atoms with Crippen molar-refractivity contribution in [3.63, 3.8) is 0 Å². The summed E-state index contributed by atoms with van der Waals surface area (Å²) in [6.07, 6.45) is 6.41. The predicted octanol–water partition coefficient (Wildman–Crippen LogP) is 1.74. The summed E-state index contributed by atoms with van der Waals surface area (Å²) in [7, 11) is 0. The molecule has 0 N–H and O–H groups in total. The third kappa shape index (κ3) is 1.45. The zero-order valence-electron chi connectivity index (χ0n) is 5.33. The van der Waals surface area contributed by atoms with Crippen LogP contribution in [0.3, 0.4) is 0 Å². The van der Waals surface area contributed by atoms with E-state index in [4.69, 9.17) is 0 Å². The molecule has 0 aliphatic carbocycles. The molecule has 1 heteroatoms. The van der Waals surface area contributed by atoms with Crippen LogP contribution in [0.25, 0.3) is 0 Å². The fraction of sp³-hybridized carbons (Fsp3) is 0.286. The molecule has 1 aliphatic heterocycles. The molecule has 8 heavy (non-hydrogen) atoms. The van der Waals surface area contributed by atoms with Crippen molar-refractivity contribution in [2.45, 2.75) is 11.4 Å². The van der Waals surface area contributed by atoms with Gasteiger partial charge in [-0.25, -0.2) is 0 Å². The summed E-state index contributed by atoms with van der Waals surface area (Å²) in [4.78, 5) is 4.72. The van der Waals surface area contributed by atoms with Crippen LogP contribution >= 0.6 is 0 Å².